The zero-order valence-corrected chi connectivity index (χ0v) is 15.8. The summed E-state index contributed by atoms with van der Waals surface area (Å²) in [6.07, 6.45) is 5.24. The van der Waals surface area contributed by atoms with E-state index in [-0.39, 0.29) is 11.7 Å². The van der Waals surface area contributed by atoms with Gasteiger partial charge < -0.3 is 5.32 Å². The van der Waals surface area contributed by atoms with Gasteiger partial charge in [-0.2, -0.15) is 5.10 Å². The SMILES string of the molecule is Cn1nccc1-c1cncc(CNC(=O)c2ccc(-c3ccc(F)cc3)cc2)c1. The number of amides is 1. The van der Waals surface area contributed by atoms with Crippen LogP contribution < -0.4 is 5.32 Å². The van der Waals surface area contributed by atoms with Crippen molar-refractivity contribution >= 4 is 5.91 Å². The molecule has 0 radical (unpaired) electrons. The molecule has 1 amide bonds. The maximum absolute atomic E-state index is 13.1. The van der Waals surface area contributed by atoms with Crippen LogP contribution in [0.2, 0.25) is 0 Å². The van der Waals surface area contributed by atoms with Crippen molar-refractivity contribution in [3.05, 3.63) is 96.2 Å². The highest BCUT2D eigenvalue weighted by Crippen LogP contribution is 2.21. The number of nitrogens with zero attached hydrogens (tertiary/aromatic N) is 3. The predicted octanol–water partition coefficient (Wildman–Crippen LogP) is 4.22. The molecule has 0 spiro atoms. The second-order valence-corrected chi connectivity index (χ2v) is 6.69. The van der Waals surface area contributed by atoms with Crippen molar-refractivity contribution in [1.82, 2.24) is 20.1 Å². The molecule has 29 heavy (non-hydrogen) atoms. The van der Waals surface area contributed by atoms with E-state index in [2.05, 4.69) is 15.4 Å². The first-order chi connectivity index (χ1) is 14.1. The second kappa shape index (κ2) is 8.06. The Hall–Kier alpha value is -3.80. The minimum Gasteiger partial charge on any atom is -0.348 e. The summed E-state index contributed by atoms with van der Waals surface area (Å²) in [6.45, 7) is 0.372. The minimum atomic E-state index is -0.272. The van der Waals surface area contributed by atoms with E-state index in [0.29, 0.717) is 12.1 Å². The van der Waals surface area contributed by atoms with Crippen molar-refractivity contribution in [2.75, 3.05) is 0 Å². The molecule has 2 heterocycles. The van der Waals surface area contributed by atoms with Crippen LogP contribution in [0, 0.1) is 5.82 Å². The summed E-state index contributed by atoms with van der Waals surface area (Å²) < 4.78 is 14.8. The van der Waals surface area contributed by atoms with Gasteiger partial charge in [-0.25, -0.2) is 4.39 Å². The molecule has 4 aromatic rings. The second-order valence-electron chi connectivity index (χ2n) is 6.69. The number of benzene rings is 2. The first-order valence-corrected chi connectivity index (χ1v) is 9.17. The number of rotatable bonds is 5. The number of carbonyl (C=O) groups excluding carboxylic acids is 1. The van der Waals surface area contributed by atoms with Crippen LogP contribution in [0.1, 0.15) is 15.9 Å². The average molecular weight is 386 g/mol. The first kappa shape index (κ1) is 18.6. The molecule has 2 aromatic heterocycles. The summed E-state index contributed by atoms with van der Waals surface area (Å²) in [5.74, 6) is -0.437. The van der Waals surface area contributed by atoms with Gasteiger partial charge in [0.1, 0.15) is 5.82 Å². The highest BCUT2D eigenvalue weighted by Gasteiger charge is 2.08. The highest BCUT2D eigenvalue weighted by atomic mass is 19.1. The van der Waals surface area contributed by atoms with Crippen molar-refractivity contribution in [2.45, 2.75) is 6.54 Å². The number of carbonyl (C=O) groups is 1. The highest BCUT2D eigenvalue weighted by molar-refractivity contribution is 5.94. The average Bonchev–Trinajstić information content (AvgIpc) is 3.19. The molecule has 0 aliphatic heterocycles. The van der Waals surface area contributed by atoms with Crippen LogP contribution >= 0.6 is 0 Å². The number of halogens is 1. The molecule has 0 aliphatic carbocycles. The zero-order chi connectivity index (χ0) is 20.2. The lowest BCUT2D eigenvalue weighted by Crippen LogP contribution is -2.22. The summed E-state index contributed by atoms with van der Waals surface area (Å²) >= 11 is 0. The van der Waals surface area contributed by atoms with Gasteiger partial charge in [-0.05, 0) is 53.1 Å². The van der Waals surface area contributed by atoms with E-state index in [9.17, 15) is 9.18 Å². The summed E-state index contributed by atoms with van der Waals surface area (Å²) in [5.41, 5.74) is 5.19. The number of aryl methyl sites for hydroxylation is 1. The van der Waals surface area contributed by atoms with Crippen LogP contribution in [-0.2, 0) is 13.6 Å². The van der Waals surface area contributed by atoms with E-state index >= 15 is 0 Å². The van der Waals surface area contributed by atoms with Gasteiger partial charge in [0.25, 0.3) is 5.91 Å². The quantitative estimate of drug-likeness (QED) is 0.559. The monoisotopic (exact) mass is 386 g/mol. The molecular formula is C23H19FN4O. The zero-order valence-electron chi connectivity index (χ0n) is 15.8. The van der Waals surface area contributed by atoms with Crippen LogP contribution in [0.25, 0.3) is 22.4 Å². The number of hydrogen-bond acceptors (Lipinski definition) is 3. The molecular weight excluding hydrogens is 367 g/mol. The molecule has 2 aromatic carbocycles. The normalized spacial score (nSPS) is 10.7. The molecule has 1 N–H and O–H groups in total. The molecule has 6 heteroatoms. The van der Waals surface area contributed by atoms with Crippen molar-refractivity contribution in [3.63, 3.8) is 0 Å². The van der Waals surface area contributed by atoms with Crippen LogP contribution in [0.5, 0.6) is 0 Å². The number of aromatic nitrogens is 3. The number of nitrogens with one attached hydrogen (secondary N) is 1. The lowest BCUT2D eigenvalue weighted by Gasteiger charge is -2.08. The Kier molecular flexibility index (Phi) is 5.16. The van der Waals surface area contributed by atoms with Gasteiger partial charge >= 0.3 is 0 Å². The predicted molar refractivity (Wildman–Crippen MR) is 109 cm³/mol. The maximum Gasteiger partial charge on any atom is 0.251 e. The summed E-state index contributed by atoms with van der Waals surface area (Å²) in [4.78, 5) is 16.7. The van der Waals surface area contributed by atoms with Gasteiger partial charge in [0.15, 0.2) is 0 Å². The first-order valence-electron chi connectivity index (χ1n) is 9.17. The van der Waals surface area contributed by atoms with Crippen molar-refractivity contribution in [2.24, 2.45) is 7.05 Å². The Morgan fingerprint density at radius 3 is 2.31 bits per heavy atom. The molecule has 4 rings (SSSR count). The smallest absolute Gasteiger partial charge is 0.251 e. The fraction of sp³-hybridized carbons (Fsp3) is 0.0870. The lowest BCUT2D eigenvalue weighted by atomic mass is 10.0. The van der Waals surface area contributed by atoms with Crippen molar-refractivity contribution < 1.29 is 9.18 Å². The Balaban J connectivity index is 1.42. The van der Waals surface area contributed by atoms with E-state index in [4.69, 9.17) is 0 Å². The summed E-state index contributed by atoms with van der Waals surface area (Å²) in [7, 11) is 1.87. The van der Waals surface area contributed by atoms with Crippen LogP contribution in [0.4, 0.5) is 4.39 Å². The Labute approximate surface area is 167 Å². The summed E-state index contributed by atoms with van der Waals surface area (Å²) in [5, 5.41) is 7.09. The van der Waals surface area contributed by atoms with E-state index in [0.717, 1.165) is 27.9 Å². The van der Waals surface area contributed by atoms with Crippen LogP contribution in [-0.4, -0.2) is 20.7 Å². The van der Waals surface area contributed by atoms with E-state index in [1.807, 2.05) is 31.3 Å². The molecule has 0 saturated heterocycles. The fourth-order valence-electron chi connectivity index (χ4n) is 3.12. The molecule has 5 nitrogen and oxygen atoms in total. The van der Waals surface area contributed by atoms with Gasteiger partial charge in [-0.1, -0.05) is 24.3 Å². The van der Waals surface area contributed by atoms with E-state index in [1.165, 1.54) is 12.1 Å². The molecule has 0 fully saturated rings. The molecule has 144 valence electrons. The largest absolute Gasteiger partial charge is 0.348 e. The molecule has 0 saturated carbocycles. The molecule has 0 atom stereocenters. The third-order valence-corrected chi connectivity index (χ3v) is 4.69. The van der Waals surface area contributed by atoms with Crippen LogP contribution in [0.3, 0.4) is 0 Å². The van der Waals surface area contributed by atoms with Gasteiger partial charge in [0.2, 0.25) is 0 Å². The third kappa shape index (κ3) is 4.21. The van der Waals surface area contributed by atoms with E-state index < -0.39 is 0 Å². The Morgan fingerprint density at radius 2 is 1.66 bits per heavy atom. The maximum atomic E-state index is 13.1. The lowest BCUT2D eigenvalue weighted by molar-refractivity contribution is 0.0951. The molecule has 0 aliphatic rings. The van der Waals surface area contributed by atoms with Crippen molar-refractivity contribution in [1.29, 1.82) is 0 Å². The molecule has 0 unspecified atom stereocenters. The summed E-state index contributed by atoms with van der Waals surface area (Å²) in [6, 6.07) is 17.4. The van der Waals surface area contributed by atoms with Gasteiger partial charge in [-0.3, -0.25) is 14.5 Å². The minimum absolute atomic E-state index is 0.165. The van der Waals surface area contributed by atoms with Gasteiger partial charge in [0, 0.05) is 43.3 Å². The van der Waals surface area contributed by atoms with Crippen LogP contribution in [0.15, 0.2) is 79.3 Å². The van der Waals surface area contributed by atoms with Gasteiger partial charge in [-0.15, -0.1) is 0 Å². The number of pyridine rings is 1. The molecule has 0 bridgehead atoms. The van der Waals surface area contributed by atoms with E-state index in [1.54, 1.807) is 47.5 Å². The standard InChI is InChI=1S/C23H19FN4O/c1-28-22(10-11-27-28)20-12-16(13-25-15-20)14-26-23(29)19-4-2-17(3-5-19)18-6-8-21(24)9-7-18/h2-13,15H,14H2,1H3,(H,26,29). The third-order valence-electron chi connectivity index (χ3n) is 4.69. The van der Waals surface area contributed by atoms with Crippen molar-refractivity contribution in [3.8, 4) is 22.4 Å². The fourth-order valence-corrected chi connectivity index (χ4v) is 3.12. The van der Waals surface area contributed by atoms with Gasteiger partial charge in [0.05, 0.1) is 5.69 Å². The topological polar surface area (TPSA) is 59.8 Å². The Morgan fingerprint density at radius 1 is 0.966 bits per heavy atom. The Bertz CT molecular complexity index is 1130. The number of hydrogen-bond donors (Lipinski definition) is 1.